The largest absolute Gasteiger partial charge is 0.486 e. The summed E-state index contributed by atoms with van der Waals surface area (Å²) in [5, 5.41) is 3.47. The molecule has 0 fully saturated rings. The number of nitrogens with zero attached hydrogens (tertiary/aromatic N) is 1. The minimum Gasteiger partial charge on any atom is -0.486 e. The van der Waals surface area contributed by atoms with E-state index in [1.54, 1.807) is 6.92 Å². The molecule has 0 spiro atoms. The molecule has 0 radical (unpaired) electrons. The number of hydrogen-bond acceptors (Lipinski definition) is 4. The van der Waals surface area contributed by atoms with E-state index < -0.39 is 0 Å². The summed E-state index contributed by atoms with van der Waals surface area (Å²) in [4.78, 5) is 17.3. The maximum Gasteiger partial charge on any atom is 0.267 e. The molecule has 25 heavy (non-hydrogen) atoms. The number of aromatic nitrogens is 1. The van der Waals surface area contributed by atoms with Gasteiger partial charge in [0.05, 0.1) is 5.69 Å². The van der Waals surface area contributed by atoms with E-state index in [0.717, 1.165) is 16.3 Å². The van der Waals surface area contributed by atoms with Crippen LogP contribution < -0.4 is 10.1 Å². The molecule has 3 aromatic rings. The Kier molecular flexibility index (Phi) is 5.09. The Morgan fingerprint density at radius 2 is 1.80 bits per heavy atom. The average Bonchev–Trinajstić information content (AvgIpc) is 2.97. The van der Waals surface area contributed by atoms with Gasteiger partial charge in [0.1, 0.15) is 28.1 Å². The van der Waals surface area contributed by atoms with Crippen molar-refractivity contribution in [1.29, 1.82) is 0 Å². The minimum atomic E-state index is -0.345. The highest BCUT2D eigenvalue weighted by molar-refractivity contribution is 7.13. The van der Waals surface area contributed by atoms with Crippen LogP contribution in [0.1, 0.15) is 25.9 Å². The van der Waals surface area contributed by atoms with Gasteiger partial charge in [-0.2, -0.15) is 0 Å². The highest BCUT2D eigenvalue weighted by atomic mass is 32.1. The van der Waals surface area contributed by atoms with Gasteiger partial charge in [0.2, 0.25) is 0 Å². The number of amides is 1. The monoisotopic (exact) mass is 356 g/mol. The van der Waals surface area contributed by atoms with Gasteiger partial charge >= 0.3 is 0 Å². The van der Waals surface area contributed by atoms with Crippen LogP contribution >= 0.6 is 11.3 Å². The van der Waals surface area contributed by atoms with Crippen LogP contribution in [0.5, 0.6) is 5.75 Å². The molecule has 3 rings (SSSR count). The lowest BCUT2D eigenvalue weighted by molar-refractivity contribution is 0.103. The molecule has 2 aromatic carbocycles. The number of hydrogen-bond donors (Lipinski definition) is 1. The highest BCUT2D eigenvalue weighted by Gasteiger charge is 2.16. The Balaban J connectivity index is 1.65. The van der Waals surface area contributed by atoms with Crippen LogP contribution in [0.2, 0.25) is 0 Å². The normalized spacial score (nSPS) is 10.5. The zero-order valence-corrected chi connectivity index (χ0v) is 14.7. The first kappa shape index (κ1) is 17.1. The third-order valence-corrected chi connectivity index (χ3v) is 4.66. The highest BCUT2D eigenvalue weighted by Crippen LogP contribution is 2.22. The summed E-state index contributed by atoms with van der Waals surface area (Å²) in [6.07, 6.45) is 0. The van der Waals surface area contributed by atoms with Crippen LogP contribution in [0, 0.1) is 19.7 Å². The maximum absolute atomic E-state index is 12.9. The molecule has 0 saturated heterocycles. The van der Waals surface area contributed by atoms with Crippen molar-refractivity contribution >= 4 is 22.9 Å². The fourth-order valence-electron chi connectivity index (χ4n) is 2.23. The third-order valence-electron chi connectivity index (χ3n) is 3.53. The summed E-state index contributed by atoms with van der Waals surface area (Å²) >= 11 is 1.29. The predicted octanol–water partition coefficient (Wildman–Crippen LogP) is 4.73. The van der Waals surface area contributed by atoms with Gasteiger partial charge in [-0.05, 0) is 50.2 Å². The van der Waals surface area contributed by atoms with Crippen molar-refractivity contribution in [2.45, 2.75) is 20.5 Å². The summed E-state index contributed by atoms with van der Waals surface area (Å²) in [6, 6.07) is 13.4. The maximum atomic E-state index is 12.9. The Morgan fingerprint density at radius 3 is 2.48 bits per heavy atom. The number of ether oxygens (including phenoxy) is 1. The van der Waals surface area contributed by atoms with Crippen molar-refractivity contribution in [3.05, 3.63) is 75.5 Å². The average molecular weight is 356 g/mol. The van der Waals surface area contributed by atoms with Crippen LogP contribution in [0.25, 0.3) is 0 Å². The molecule has 1 aromatic heterocycles. The van der Waals surface area contributed by atoms with Crippen LogP contribution in [0.15, 0.2) is 48.5 Å². The van der Waals surface area contributed by atoms with Gasteiger partial charge in [0.25, 0.3) is 5.91 Å². The quantitative estimate of drug-likeness (QED) is 0.719. The number of carbonyl (C=O) groups is 1. The molecule has 4 nitrogen and oxygen atoms in total. The molecule has 0 atom stereocenters. The molecule has 0 bridgehead atoms. The number of rotatable bonds is 5. The number of carbonyl (C=O) groups excluding carboxylic acids is 1. The molecule has 1 N–H and O–H groups in total. The zero-order chi connectivity index (χ0) is 17.8. The second kappa shape index (κ2) is 7.44. The first-order chi connectivity index (χ1) is 12.0. The van der Waals surface area contributed by atoms with E-state index in [1.165, 1.54) is 35.6 Å². The van der Waals surface area contributed by atoms with Crippen molar-refractivity contribution in [2.24, 2.45) is 0 Å². The van der Waals surface area contributed by atoms with E-state index in [1.807, 2.05) is 31.2 Å². The Bertz CT molecular complexity index is 873. The third kappa shape index (κ3) is 4.42. The lowest BCUT2D eigenvalue weighted by atomic mass is 10.2. The standard InChI is InChI=1S/C19H17FN2O2S/c1-12-3-9-16(10-4-12)24-11-17-21-13(2)18(25-17)19(23)22-15-7-5-14(20)6-8-15/h3-10H,11H2,1-2H3,(H,22,23). The molecular formula is C19H17FN2O2S. The molecule has 0 unspecified atom stereocenters. The van der Waals surface area contributed by atoms with Crippen molar-refractivity contribution < 1.29 is 13.9 Å². The molecule has 0 aliphatic carbocycles. The fraction of sp³-hybridized carbons (Fsp3) is 0.158. The molecule has 0 saturated carbocycles. The Hall–Kier alpha value is -2.73. The van der Waals surface area contributed by atoms with Gasteiger partial charge < -0.3 is 10.1 Å². The van der Waals surface area contributed by atoms with Gasteiger partial charge in [0, 0.05) is 5.69 Å². The zero-order valence-electron chi connectivity index (χ0n) is 13.9. The second-order valence-corrected chi connectivity index (χ2v) is 6.67. The summed E-state index contributed by atoms with van der Waals surface area (Å²) < 4.78 is 18.6. The summed E-state index contributed by atoms with van der Waals surface area (Å²) in [5.41, 5.74) is 2.35. The van der Waals surface area contributed by atoms with Gasteiger partial charge in [-0.3, -0.25) is 4.79 Å². The van der Waals surface area contributed by atoms with Gasteiger partial charge in [-0.1, -0.05) is 17.7 Å². The molecule has 1 amide bonds. The van der Waals surface area contributed by atoms with Gasteiger partial charge in [0.15, 0.2) is 0 Å². The molecule has 0 aliphatic rings. The Morgan fingerprint density at radius 1 is 1.12 bits per heavy atom. The van der Waals surface area contributed by atoms with Crippen molar-refractivity contribution in [3.8, 4) is 5.75 Å². The minimum absolute atomic E-state index is 0.261. The van der Waals surface area contributed by atoms with Crippen LogP contribution in [0.4, 0.5) is 10.1 Å². The number of halogens is 1. The van der Waals surface area contributed by atoms with Crippen LogP contribution in [-0.4, -0.2) is 10.9 Å². The Labute approximate surface area is 149 Å². The smallest absolute Gasteiger partial charge is 0.267 e. The number of nitrogens with one attached hydrogen (secondary N) is 1. The summed E-state index contributed by atoms with van der Waals surface area (Å²) in [7, 11) is 0. The molecule has 128 valence electrons. The molecule has 0 aliphatic heterocycles. The molecular weight excluding hydrogens is 339 g/mol. The number of benzene rings is 2. The van der Waals surface area contributed by atoms with E-state index >= 15 is 0 Å². The van der Waals surface area contributed by atoms with E-state index in [2.05, 4.69) is 10.3 Å². The van der Waals surface area contributed by atoms with Gasteiger partial charge in [-0.15, -0.1) is 11.3 Å². The van der Waals surface area contributed by atoms with Crippen molar-refractivity contribution in [3.63, 3.8) is 0 Å². The summed E-state index contributed by atoms with van der Waals surface area (Å²) in [5.74, 6) is 0.154. The van der Waals surface area contributed by atoms with Crippen molar-refractivity contribution in [2.75, 3.05) is 5.32 Å². The topological polar surface area (TPSA) is 51.2 Å². The number of aryl methyl sites for hydroxylation is 2. The second-order valence-electron chi connectivity index (χ2n) is 5.58. The number of anilines is 1. The van der Waals surface area contributed by atoms with E-state index in [0.29, 0.717) is 22.9 Å². The first-order valence-electron chi connectivity index (χ1n) is 7.74. The lowest BCUT2D eigenvalue weighted by Crippen LogP contribution is -2.11. The van der Waals surface area contributed by atoms with E-state index in [4.69, 9.17) is 4.74 Å². The van der Waals surface area contributed by atoms with E-state index in [-0.39, 0.29) is 11.7 Å². The number of thiazole rings is 1. The predicted molar refractivity (Wildman–Crippen MR) is 96.7 cm³/mol. The van der Waals surface area contributed by atoms with Crippen LogP contribution in [0.3, 0.4) is 0 Å². The lowest BCUT2D eigenvalue weighted by Gasteiger charge is -2.04. The van der Waals surface area contributed by atoms with Crippen molar-refractivity contribution in [1.82, 2.24) is 4.98 Å². The molecule has 6 heteroatoms. The molecule has 1 heterocycles. The van der Waals surface area contributed by atoms with Gasteiger partial charge in [-0.25, -0.2) is 9.37 Å². The first-order valence-corrected chi connectivity index (χ1v) is 8.55. The van der Waals surface area contributed by atoms with E-state index in [9.17, 15) is 9.18 Å². The SMILES string of the molecule is Cc1ccc(OCc2nc(C)c(C(=O)Nc3ccc(F)cc3)s2)cc1. The fourth-order valence-corrected chi connectivity index (χ4v) is 3.10. The van der Waals surface area contributed by atoms with Crippen LogP contribution in [-0.2, 0) is 6.61 Å². The summed E-state index contributed by atoms with van der Waals surface area (Å²) in [6.45, 7) is 4.10.